The highest BCUT2D eigenvalue weighted by Gasteiger charge is 2.42. The Bertz CT molecular complexity index is 191. The molecule has 4 heteroatoms. The first-order valence-electron chi connectivity index (χ1n) is 3.59. The summed E-state index contributed by atoms with van der Waals surface area (Å²) in [4.78, 5) is 10.2. The number of hydrogen-bond acceptors (Lipinski definition) is 2. The molecule has 12 heavy (non-hydrogen) atoms. The lowest BCUT2D eigenvalue weighted by atomic mass is 9.86. The quantitative estimate of drug-likeness (QED) is 0.628. The molecule has 2 atom stereocenters. The van der Waals surface area contributed by atoms with Gasteiger partial charge in [0.25, 0.3) is 0 Å². The van der Waals surface area contributed by atoms with Crippen molar-refractivity contribution in [2.45, 2.75) is 25.6 Å². The molecule has 0 aliphatic rings. The van der Waals surface area contributed by atoms with Gasteiger partial charge in [0.05, 0.1) is 0 Å². The maximum atomic E-state index is 12.9. The van der Waals surface area contributed by atoms with Crippen LogP contribution in [-0.2, 0) is 4.79 Å². The second-order valence-electron chi connectivity index (χ2n) is 2.95. The molecule has 0 rings (SSSR count). The van der Waals surface area contributed by atoms with E-state index < -0.39 is 23.7 Å². The minimum absolute atomic E-state index is 0.527. The zero-order chi connectivity index (χ0) is 9.94. The average Bonchev–Trinajstić information content (AvgIpc) is 2.01. The molecule has 0 radical (unpaired) electrons. The topological polar surface area (TPSA) is 57.5 Å². The minimum atomic E-state index is -2.32. The number of alkyl halides is 1. The van der Waals surface area contributed by atoms with Gasteiger partial charge < -0.3 is 10.2 Å². The largest absolute Gasteiger partial charge is 0.479 e. The van der Waals surface area contributed by atoms with Crippen molar-refractivity contribution in [2.75, 3.05) is 0 Å². The van der Waals surface area contributed by atoms with E-state index in [1.165, 1.54) is 13.8 Å². The number of halogens is 1. The van der Waals surface area contributed by atoms with Gasteiger partial charge in [0.15, 0.2) is 0 Å². The Balaban J connectivity index is 4.74. The molecule has 0 aliphatic carbocycles. The van der Waals surface area contributed by atoms with Crippen LogP contribution in [0.3, 0.4) is 0 Å². The Morgan fingerprint density at radius 3 is 2.17 bits per heavy atom. The van der Waals surface area contributed by atoms with Gasteiger partial charge >= 0.3 is 5.97 Å². The van der Waals surface area contributed by atoms with E-state index in [2.05, 4.69) is 6.58 Å². The molecule has 0 aromatic rings. The first kappa shape index (κ1) is 11.1. The Morgan fingerprint density at radius 1 is 1.67 bits per heavy atom. The SMILES string of the molecule is C=CC(O)(C(C)C)C(F)C(=O)O. The first-order valence-corrected chi connectivity index (χ1v) is 3.59. The molecule has 0 saturated heterocycles. The van der Waals surface area contributed by atoms with E-state index in [1.807, 2.05) is 0 Å². The summed E-state index contributed by atoms with van der Waals surface area (Å²) < 4.78 is 12.9. The van der Waals surface area contributed by atoms with Gasteiger partial charge in [0, 0.05) is 0 Å². The Hall–Kier alpha value is -0.900. The number of rotatable bonds is 4. The van der Waals surface area contributed by atoms with Crippen LogP contribution in [0.2, 0.25) is 0 Å². The van der Waals surface area contributed by atoms with E-state index in [-0.39, 0.29) is 0 Å². The second kappa shape index (κ2) is 3.67. The maximum absolute atomic E-state index is 12.9. The van der Waals surface area contributed by atoms with Gasteiger partial charge in [0.2, 0.25) is 6.17 Å². The van der Waals surface area contributed by atoms with Crippen molar-refractivity contribution >= 4 is 5.97 Å². The van der Waals surface area contributed by atoms with Crippen LogP contribution in [0.4, 0.5) is 4.39 Å². The normalized spacial score (nSPS) is 18.4. The fourth-order valence-electron chi connectivity index (χ4n) is 0.830. The first-order chi connectivity index (χ1) is 5.36. The van der Waals surface area contributed by atoms with Crippen molar-refractivity contribution in [3.63, 3.8) is 0 Å². The fraction of sp³-hybridized carbons (Fsp3) is 0.625. The van der Waals surface area contributed by atoms with E-state index in [1.54, 1.807) is 0 Å². The van der Waals surface area contributed by atoms with Gasteiger partial charge in [-0.1, -0.05) is 19.9 Å². The molecule has 0 fully saturated rings. The van der Waals surface area contributed by atoms with Crippen molar-refractivity contribution in [3.8, 4) is 0 Å². The number of carbonyl (C=O) groups is 1. The van der Waals surface area contributed by atoms with Crippen molar-refractivity contribution in [1.29, 1.82) is 0 Å². The Labute approximate surface area is 70.5 Å². The molecule has 0 amide bonds. The van der Waals surface area contributed by atoms with E-state index in [0.29, 0.717) is 0 Å². The molecule has 0 aromatic heterocycles. The van der Waals surface area contributed by atoms with Crippen molar-refractivity contribution in [2.24, 2.45) is 5.92 Å². The molecule has 0 bridgehead atoms. The van der Waals surface area contributed by atoms with Crippen molar-refractivity contribution in [3.05, 3.63) is 12.7 Å². The standard InChI is InChI=1S/C8H13FO3/c1-4-8(12,5(2)3)6(9)7(10)11/h4-6,12H,1H2,2-3H3,(H,10,11). The van der Waals surface area contributed by atoms with E-state index in [0.717, 1.165) is 6.08 Å². The summed E-state index contributed by atoms with van der Waals surface area (Å²) in [6.07, 6.45) is -1.40. The van der Waals surface area contributed by atoms with Crippen LogP contribution in [0, 0.1) is 5.92 Å². The molecule has 0 spiro atoms. The molecular formula is C8H13FO3. The monoisotopic (exact) mass is 176 g/mol. The molecule has 70 valence electrons. The summed E-state index contributed by atoms with van der Waals surface area (Å²) in [7, 11) is 0. The van der Waals surface area contributed by atoms with E-state index in [4.69, 9.17) is 5.11 Å². The summed E-state index contributed by atoms with van der Waals surface area (Å²) in [5.74, 6) is -2.20. The Kier molecular flexibility index (Phi) is 3.39. The molecule has 0 aromatic carbocycles. The zero-order valence-corrected chi connectivity index (χ0v) is 7.12. The number of carboxylic acid groups (broad SMARTS) is 1. The molecular weight excluding hydrogens is 163 g/mol. The van der Waals surface area contributed by atoms with Crippen LogP contribution in [-0.4, -0.2) is 28.0 Å². The summed E-state index contributed by atoms with van der Waals surface area (Å²) in [5, 5.41) is 17.8. The third-order valence-electron chi connectivity index (χ3n) is 1.87. The number of aliphatic hydroxyl groups is 1. The number of hydrogen-bond donors (Lipinski definition) is 2. The molecule has 3 nitrogen and oxygen atoms in total. The fourth-order valence-corrected chi connectivity index (χ4v) is 0.830. The lowest BCUT2D eigenvalue weighted by Gasteiger charge is -2.29. The van der Waals surface area contributed by atoms with Gasteiger partial charge in [-0.15, -0.1) is 6.58 Å². The highest BCUT2D eigenvalue weighted by atomic mass is 19.1. The molecule has 0 aliphatic heterocycles. The summed E-state index contributed by atoms with van der Waals surface area (Å²) in [6, 6.07) is 0. The van der Waals surface area contributed by atoms with Crippen LogP contribution < -0.4 is 0 Å². The smallest absolute Gasteiger partial charge is 0.341 e. The Morgan fingerprint density at radius 2 is 2.08 bits per heavy atom. The summed E-state index contributed by atoms with van der Waals surface area (Å²) >= 11 is 0. The zero-order valence-electron chi connectivity index (χ0n) is 7.12. The third-order valence-corrected chi connectivity index (χ3v) is 1.87. The van der Waals surface area contributed by atoms with Crippen molar-refractivity contribution in [1.82, 2.24) is 0 Å². The number of aliphatic carboxylic acids is 1. The lowest BCUT2D eigenvalue weighted by Crippen LogP contribution is -2.46. The van der Waals surface area contributed by atoms with E-state index >= 15 is 0 Å². The highest BCUT2D eigenvalue weighted by Crippen LogP contribution is 2.25. The molecule has 2 N–H and O–H groups in total. The minimum Gasteiger partial charge on any atom is -0.479 e. The number of carboxylic acids is 1. The van der Waals surface area contributed by atoms with Crippen molar-refractivity contribution < 1.29 is 19.4 Å². The predicted molar refractivity (Wildman–Crippen MR) is 42.5 cm³/mol. The van der Waals surface area contributed by atoms with Crippen LogP contribution in [0.5, 0.6) is 0 Å². The van der Waals surface area contributed by atoms with Gasteiger partial charge in [-0.3, -0.25) is 0 Å². The molecule has 0 saturated carbocycles. The van der Waals surface area contributed by atoms with Crippen LogP contribution in [0.25, 0.3) is 0 Å². The molecule has 0 heterocycles. The van der Waals surface area contributed by atoms with Gasteiger partial charge in [-0.25, -0.2) is 9.18 Å². The maximum Gasteiger partial charge on any atom is 0.341 e. The van der Waals surface area contributed by atoms with Crippen LogP contribution >= 0.6 is 0 Å². The second-order valence-corrected chi connectivity index (χ2v) is 2.95. The lowest BCUT2D eigenvalue weighted by molar-refractivity contribution is -0.153. The van der Waals surface area contributed by atoms with Crippen LogP contribution in [0.1, 0.15) is 13.8 Å². The predicted octanol–water partition coefficient (Wildman–Crippen LogP) is 0.982. The van der Waals surface area contributed by atoms with Gasteiger partial charge in [0.1, 0.15) is 5.60 Å². The molecule has 2 unspecified atom stereocenters. The van der Waals surface area contributed by atoms with Gasteiger partial charge in [-0.2, -0.15) is 0 Å². The van der Waals surface area contributed by atoms with Gasteiger partial charge in [-0.05, 0) is 5.92 Å². The summed E-state index contributed by atoms with van der Waals surface area (Å²) in [5.41, 5.74) is -1.98. The average molecular weight is 176 g/mol. The van der Waals surface area contributed by atoms with Crippen LogP contribution in [0.15, 0.2) is 12.7 Å². The highest BCUT2D eigenvalue weighted by molar-refractivity contribution is 5.74. The van der Waals surface area contributed by atoms with E-state index in [9.17, 15) is 14.3 Å². The third kappa shape index (κ3) is 1.82. The summed E-state index contributed by atoms with van der Waals surface area (Å²) in [6.45, 7) is 6.25.